The predicted octanol–water partition coefficient (Wildman–Crippen LogP) is 4.54. The van der Waals surface area contributed by atoms with Gasteiger partial charge < -0.3 is 4.74 Å². The van der Waals surface area contributed by atoms with E-state index in [2.05, 4.69) is 6.58 Å². The molecule has 1 rings (SSSR count). The Bertz CT molecular complexity index is 915. The lowest BCUT2D eigenvalue weighted by molar-refractivity contribution is -0.152. The molecule has 5 nitrogen and oxygen atoms in total. The van der Waals surface area contributed by atoms with Crippen molar-refractivity contribution in [1.82, 2.24) is 0 Å². The van der Waals surface area contributed by atoms with Crippen molar-refractivity contribution in [3.8, 4) is 6.07 Å². The molecule has 0 N–H and O–H groups in total. The van der Waals surface area contributed by atoms with E-state index in [1.54, 1.807) is 6.07 Å². The smallest absolute Gasteiger partial charge is 0.416 e. The van der Waals surface area contributed by atoms with Gasteiger partial charge in [0.1, 0.15) is 0 Å². The number of nitrogens with zero attached hydrogens (tertiary/aromatic N) is 1. The summed E-state index contributed by atoms with van der Waals surface area (Å²) in [7, 11) is -4.73. The van der Waals surface area contributed by atoms with Crippen LogP contribution in [-0.4, -0.2) is 26.7 Å². The van der Waals surface area contributed by atoms with Gasteiger partial charge in [0.2, 0.25) is 0 Å². The number of sulfone groups is 1. The van der Waals surface area contributed by atoms with Crippen LogP contribution in [0.1, 0.15) is 30.9 Å². The van der Waals surface area contributed by atoms with E-state index < -0.39 is 61.8 Å². The lowest BCUT2D eigenvalue weighted by atomic mass is 9.83. The van der Waals surface area contributed by atoms with Crippen molar-refractivity contribution >= 4 is 15.8 Å². The maximum absolute atomic E-state index is 13.0. The summed E-state index contributed by atoms with van der Waals surface area (Å²) >= 11 is 0. The summed E-state index contributed by atoms with van der Waals surface area (Å²) in [5.74, 6) is -2.13. The van der Waals surface area contributed by atoms with Gasteiger partial charge in [0.05, 0.1) is 34.5 Å². The third kappa shape index (κ3) is 5.98. The molecule has 0 aromatic heterocycles. The summed E-state index contributed by atoms with van der Waals surface area (Å²) in [6.45, 7) is 4.66. The molecule has 0 bridgehead atoms. The average Bonchev–Trinajstić information content (AvgIpc) is 2.63. The number of allylic oxidation sites excluding steroid dienone is 1. The molecule has 1 aromatic rings. The summed E-state index contributed by atoms with van der Waals surface area (Å²) in [5.41, 5.74) is -5.59. The molecule has 0 radical (unpaired) electrons. The van der Waals surface area contributed by atoms with Crippen molar-refractivity contribution < 1.29 is 44.3 Å². The van der Waals surface area contributed by atoms with Gasteiger partial charge in [-0.05, 0) is 38.0 Å². The largest absolute Gasteiger partial charge is 0.465 e. The number of esters is 1. The van der Waals surface area contributed by atoms with Crippen LogP contribution in [-0.2, 0) is 31.7 Å². The molecule has 30 heavy (non-hydrogen) atoms. The summed E-state index contributed by atoms with van der Waals surface area (Å²) in [4.78, 5) is 10.9. The van der Waals surface area contributed by atoms with E-state index in [0.717, 1.165) is 6.08 Å². The van der Waals surface area contributed by atoms with Gasteiger partial charge in [0, 0.05) is 0 Å². The van der Waals surface area contributed by atoms with Gasteiger partial charge >= 0.3 is 18.3 Å². The summed E-state index contributed by atoms with van der Waals surface area (Å²) in [6.07, 6.45) is -10.3. The topological polar surface area (TPSA) is 84.2 Å². The lowest BCUT2D eigenvalue weighted by Gasteiger charge is -2.23. The molecule has 0 amide bonds. The highest BCUT2D eigenvalue weighted by Crippen LogP contribution is 2.38. The molecular weight excluding hydrogens is 440 g/mol. The van der Waals surface area contributed by atoms with Crippen LogP contribution >= 0.6 is 0 Å². The molecular formula is C18H17F6NO4S. The monoisotopic (exact) mass is 457 g/mol. The Morgan fingerprint density at radius 1 is 1.13 bits per heavy atom. The van der Waals surface area contributed by atoms with Crippen molar-refractivity contribution in [3.05, 3.63) is 42.0 Å². The maximum Gasteiger partial charge on any atom is 0.416 e. The normalized spacial score (nSPS) is 14.5. The molecule has 0 aliphatic carbocycles. The first-order valence-corrected chi connectivity index (χ1v) is 10.00. The summed E-state index contributed by atoms with van der Waals surface area (Å²) in [5, 5.41) is 9.38. The highest BCUT2D eigenvalue weighted by atomic mass is 32.2. The SMILES string of the molecule is C=CCC(C#N)(CCS(=O)(=O)c1cc(C(F)(F)F)cc(C(F)(F)F)c1)C(=O)OCC. The Hall–Kier alpha value is -2.55. The zero-order chi connectivity index (χ0) is 23.4. The number of alkyl halides is 6. The fraction of sp³-hybridized carbons (Fsp3) is 0.444. The fourth-order valence-electron chi connectivity index (χ4n) is 2.48. The first-order valence-electron chi connectivity index (χ1n) is 8.34. The van der Waals surface area contributed by atoms with Crippen molar-refractivity contribution in [2.45, 2.75) is 37.0 Å². The van der Waals surface area contributed by atoms with Gasteiger partial charge in [-0.3, -0.25) is 4.79 Å². The van der Waals surface area contributed by atoms with E-state index in [-0.39, 0.29) is 31.2 Å². The van der Waals surface area contributed by atoms with E-state index in [4.69, 9.17) is 4.74 Å². The van der Waals surface area contributed by atoms with Gasteiger partial charge in [-0.15, -0.1) is 6.58 Å². The Morgan fingerprint density at radius 3 is 2.00 bits per heavy atom. The minimum absolute atomic E-state index is 0.0799. The van der Waals surface area contributed by atoms with Crippen molar-refractivity contribution in [3.63, 3.8) is 0 Å². The van der Waals surface area contributed by atoms with Gasteiger partial charge in [0.15, 0.2) is 15.3 Å². The van der Waals surface area contributed by atoms with Crippen LogP contribution in [0, 0.1) is 16.7 Å². The molecule has 0 saturated heterocycles. The van der Waals surface area contributed by atoms with Crippen LogP contribution < -0.4 is 0 Å². The molecule has 0 aliphatic heterocycles. The van der Waals surface area contributed by atoms with Crippen LogP contribution in [0.15, 0.2) is 35.7 Å². The van der Waals surface area contributed by atoms with Gasteiger partial charge in [-0.2, -0.15) is 31.6 Å². The standard InChI is InChI=1S/C18H17F6NO4S/c1-3-5-16(11-25,15(26)29-4-2)6-7-30(27,28)14-9-12(17(19,20)21)8-13(10-14)18(22,23)24/h3,8-10H,1,4-7H2,2H3. The second-order valence-electron chi connectivity index (χ2n) is 6.22. The highest BCUT2D eigenvalue weighted by molar-refractivity contribution is 7.91. The van der Waals surface area contributed by atoms with Gasteiger partial charge in [-0.1, -0.05) is 6.08 Å². The Labute approximate surface area is 168 Å². The molecule has 1 unspecified atom stereocenters. The quantitative estimate of drug-likeness (QED) is 0.325. The minimum Gasteiger partial charge on any atom is -0.465 e. The Morgan fingerprint density at radius 2 is 1.63 bits per heavy atom. The van der Waals surface area contributed by atoms with E-state index in [1.165, 1.54) is 6.92 Å². The molecule has 1 aromatic carbocycles. The second kappa shape index (κ2) is 9.07. The third-order valence-electron chi connectivity index (χ3n) is 4.09. The van der Waals surface area contributed by atoms with Crippen molar-refractivity contribution in [2.75, 3.05) is 12.4 Å². The number of carbonyl (C=O) groups is 1. The number of halogens is 6. The zero-order valence-corrected chi connectivity index (χ0v) is 16.4. The molecule has 1 atom stereocenters. The van der Waals surface area contributed by atoms with E-state index in [1.807, 2.05) is 0 Å². The first-order chi connectivity index (χ1) is 13.6. The second-order valence-corrected chi connectivity index (χ2v) is 8.33. The molecule has 0 aliphatic rings. The van der Waals surface area contributed by atoms with Crippen LogP contribution in [0.4, 0.5) is 26.3 Å². The molecule has 0 fully saturated rings. The Balaban J connectivity index is 3.42. The fourth-order valence-corrected chi connectivity index (χ4v) is 3.95. The predicted molar refractivity (Wildman–Crippen MR) is 92.6 cm³/mol. The number of hydrogen-bond acceptors (Lipinski definition) is 5. The van der Waals surface area contributed by atoms with Crippen LogP contribution in [0.2, 0.25) is 0 Å². The van der Waals surface area contributed by atoms with Gasteiger partial charge in [0.25, 0.3) is 0 Å². The van der Waals surface area contributed by atoms with Gasteiger partial charge in [-0.25, -0.2) is 8.42 Å². The third-order valence-corrected chi connectivity index (χ3v) is 5.79. The Kier molecular flexibility index (Phi) is 7.71. The number of rotatable bonds is 8. The maximum atomic E-state index is 13.0. The molecule has 12 heteroatoms. The van der Waals surface area contributed by atoms with Crippen LogP contribution in [0.3, 0.4) is 0 Å². The molecule has 0 saturated carbocycles. The number of ether oxygens (including phenoxy) is 1. The average molecular weight is 457 g/mol. The van der Waals surface area contributed by atoms with Crippen molar-refractivity contribution in [2.24, 2.45) is 5.41 Å². The summed E-state index contributed by atoms with van der Waals surface area (Å²) in [6, 6.07) is 1.59. The van der Waals surface area contributed by atoms with Crippen LogP contribution in [0.5, 0.6) is 0 Å². The van der Waals surface area contributed by atoms with E-state index >= 15 is 0 Å². The lowest BCUT2D eigenvalue weighted by Crippen LogP contribution is -2.33. The van der Waals surface area contributed by atoms with Crippen LogP contribution in [0.25, 0.3) is 0 Å². The zero-order valence-electron chi connectivity index (χ0n) is 15.6. The first kappa shape index (κ1) is 25.5. The van der Waals surface area contributed by atoms with Crippen molar-refractivity contribution in [1.29, 1.82) is 5.26 Å². The molecule has 166 valence electrons. The van der Waals surface area contributed by atoms with E-state index in [9.17, 15) is 44.8 Å². The number of hydrogen-bond donors (Lipinski definition) is 0. The molecule has 0 heterocycles. The number of carbonyl (C=O) groups excluding carboxylic acids is 1. The number of nitriles is 1. The minimum atomic E-state index is -5.23. The summed E-state index contributed by atoms with van der Waals surface area (Å²) < 4.78 is 108. The highest BCUT2D eigenvalue weighted by Gasteiger charge is 2.42. The number of benzene rings is 1. The van der Waals surface area contributed by atoms with E-state index in [0.29, 0.717) is 0 Å². The molecule has 0 spiro atoms.